The summed E-state index contributed by atoms with van der Waals surface area (Å²) in [4.78, 5) is 21.6. The van der Waals surface area contributed by atoms with E-state index in [-0.39, 0.29) is 0 Å². The lowest BCUT2D eigenvalue weighted by atomic mass is 10.1. The third-order valence-electron chi connectivity index (χ3n) is 5.15. The van der Waals surface area contributed by atoms with Gasteiger partial charge in [-0.25, -0.2) is 4.98 Å². The number of aromatic amines is 1. The molecule has 0 radical (unpaired) electrons. The summed E-state index contributed by atoms with van der Waals surface area (Å²) in [6.45, 7) is 4.24. The average molecular weight is 344 g/mol. The zero-order valence-electron chi connectivity index (χ0n) is 14.7. The van der Waals surface area contributed by atoms with Crippen LogP contribution >= 0.6 is 0 Å². The molecule has 0 bridgehead atoms. The molecule has 6 heteroatoms. The summed E-state index contributed by atoms with van der Waals surface area (Å²) < 4.78 is 0. The lowest BCUT2D eigenvalue weighted by molar-refractivity contribution is 0.313. The normalized spacial score (nSPS) is 15.8. The minimum Gasteiger partial charge on any atom is -0.368 e. The van der Waals surface area contributed by atoms with E-state index < -0.39 is 0 Å². The van der Waals surface area contributed by atoms with Gasteiger partial charge in [0.2, 0.25) is 0 Å². The number of rotatable bonds is 2. The van der Waals surface area contributed by atoms with Crippen molar-refractivity contribution in [3.63, 3.8) is 0 Å². The maximum atomic E-state index is 4.66. The van der Waals surface area contributed by atoms with E-state index in [1.807, 2.05) is 30.7 Å². The first kappa shape index (κ1) is 15.3. The van der Waals surface area contributed by atoms with E-state index in [1.165, 1.54) is 5.69 Å². The molecule has 1 aliphatic heterocycles. The molecule has 6 nitrogen and oxygen atoms in total. The summed E-state index contributed by atoms with van der Waals surface area (Å²) in [5.74, 6) is 0. The highest BCUT2D eigenvalue weighted by atomic mass is 15.2. The molecule has 26 heavy (non-hydrogen) atoms. The highest BCUT2D eigenvalue weighted by molar-refractivity contribution is 6.07. The molecule has 0 aromatic carbocycles. The minimum atomic E-state index is 0.906. The smallest absolute Gasteiger partial charge is 0.138 e. The van der Waals surface area contributed by atoms with Gasteiger partial charge < -0.3 is 14.8 Å². The summed E-state index contributed by atoms with van der Waals surface area (Å²) in [5, 5.41) is 2.29. The molecule has 5 heterocycles. The van der Waals surface area contributed by atoms with Crippen LogP contribution in [0, 0.1) is 0 Å². The molecule has 0 amide bonds. The van der Waals surface area contributed by atoms with Gasteiger partial charge in [-0.2, -0.15) is 0 Å². The molecule has 0 aliphatic carbocycles. The van der Waals surface area contributed by atoms with E-state index >= 15 is 0 Å². The second-order valence-electron chi connectivity index (χ2n) is 6.86. The number of fused-ring (bicyclic) bond motifs is 3. The van der Waals surface area contributed by atoms with E-state index in [0.717, 1.165) is 59.4 Å². The van der Waals surface area contributed by atoms with Gasteiger partial charge in [0.05, 0.1) is 29.3 Å². The van der Waals surface area contributed by atoms with Gasteiger partial charge in [-0.1, -0.05) is 0 Å². The van der Waals surface area contributed by atoms with Crippen molar-refractivity contribution in [1.82, 2.24) is 24.8 Å². The average Bonchev–Trinajstić information content (AvgIpc) is 3.06. The second-order valence-corrected chi connectivity index (χ2v) is 6.86. The zero-order chi connectivity index (χ0) is 17.5. The predicted octanol–water partition coefficient (Wildman–Crippen LogP) is 2.92. The van der Waals surface area contributed by atoms with Gasteiger partial charge in [-0.3, -0.25) is 9.97 Å². The number of pyridine rings is 3. The fraction of sp³-hybridized carbons (Fsp3) is 0.250. The van der Waals surface area contributed by atoms with Gasteiger partial charge in [0.1, 0.15) is 5.65 Å². The maximum Gasteiger partial charge on any atom is 0.138 e. The second kappa shape index (κ2) is 6.07. The Balaban J connectivity index is 1.61. The molecule has 4 aromatic rings. The topological polar surface area (TPSA) is 60.9 Å². The van der Waals surface area contributed by atoms with Gasteiger partial charge >= 0.3 is 0 Å². The van der Waals surface area contributed by atoms with Crippen molar-refractivity contribution in [2.24, 2.45) is 0 Å². The minimum absolute atomic E-state index is 0.906. The molecule has 0 saturated carbocycles. The maximum absolute atomic E-state index is 4.66. The number of nitrogens with one attached hydrogen (secondary N) is 1. The standard InChI is InChI=1S/C20H20N6/c1-25-5-7-26(8-6-25)15-9-17-16-10-18(14-3-2-4-21-11-14)22-13-19(16)24-20(17)23-12-15/h2-4,9-13H,5-8H2,1H3,(H,23,24). The van der Waals surface area contributed by atoms with Crippen LogP contribution in [-0.4, -0.2) is 58.1 Å². The van der Waals surface area contributed by atoms with E-state index in [1.54, 1.807) is 6.20 Å². The van der Waals surface area contributed by atoms with Crippen LogP contribution in [0.5, 0.6) is 0 Å². The van der Waals surface area contributed by atoms with Gasteiger partial charge in [0.25, 0.3) is 0 Å². The largest absolute Gasteiger partial charge is 0.368 e. The van der Waals surface area contributed by atoms with Gasteiger partial charge in [-0.15, -0.1) is 0 Å². The molecule has 0 unspecified atom stereocenters. The molecule has 1 fully saturated rings. The van der Waals surface area contributed by atoms with Crippen LogP contribution in [0.4, 0.5) is 5.69 Å². The van der Waals surface area contributed by atoms with Crippen molar-refractivity contribution in [2.45, 2.75) is 0 Å². The van der Waals surface area contributed by atoms with Gasteiger partial charge in [0, 0.05) is 54.9 Å². The Morgan fingerprint density at radius 1 is 0.962 bits per heavy atom. The van der Waals surface area contributed by atoms with Crippen molar-refractivity contribution in [3.8, 4) is 11.3 Å². The molecule has 1 N–H and O–H groups in total. The first-order valence-corrected chi connectivity index (χ1v) is 8.89. The van der Waals surface area contributed by atoms with Crippen LogP contribution in [0.15, 0.2) is 49.1 Å². The van der Waals surface area contributed by atoms with Crippen LogP contribution in [-0.2, 0) is 0 Å². The number of hydrogen-bond donors (Lipinski definition) is 1. The van der Waals surface area contributed by atoms with E-state index in [2.05, 4.69) is 48.9 Å². The van der Waals surface area contributed by atoms with Crippen molar-refractivity contribution in [2.75, 3.05) is 38.1 Å². The number of hydrogen-bond acceptors (Lipinski definition) is 5. The Morgan fingerprint density at radius 3 is 2.65 bits per heavy atom. The molecule has 0 spiro atoms. The number of H-pyrrole nitrogens is 1. The van der Waals surface area contributed by atoms with Crippen LogP contribution in [0.1, 0.15) is 0 Å². The zero-order valence-corrected chi connectivity index (χ0v) is 14.7. The fourth-order valence-electron chi connectivity index (χ4n) is 3.57. The van der Waals surface area contributed by atoms with Gasteiger partial charge in [-0.05, 0) is 31.3 Å². The molecule has 5 rings (SSSR count). The Morgan fingerprint density at radius 2 is 1.85 bits per heavy atom. The molecule has 130 valence electrons. The van der Waals surface area contributed by atoms with Crippen molar-refractivity contribution >= 4 is 27.6 Å². The van der Waals surface area contributed by atoms with Crippen LogP contribution < -0.4 is 4.90 Å². The number of aromatic nitrogens is 4. The lowest BCUT2D eigenvalue weighted by Crippen LogP contribution is -2.44. The van der Waals surface area contributed by atoms with Gasteiger partial charge in [0.15, 0.2) is 0 Å². The molecule has 4 aromatic heterocycles. The number of likely N-dealkylation sites (N-methyl/N-ethyl adjacent to an activating group) is 1. The van der Waals surface area contributed by atoms with Crippen molar-refractivity contribution < 1.29 is 0 Å². The monoisotopic (exact) mass is 344 g/mol. The predicted molar refractivity (Wildman–Crippen MR) is 104 cm³/mol. The highest BCUT2D eigenvalue weighted by Crippen LogP contribution is 2.30. The summed E-state index contributed by atoms with van der Waals surface area (Å²) in [6, 6.07) is 8.34. The third kappa shape index (κ3) is 2.59. The SMILES string of the molecule is CN1CCN(c2cnc3[nH]c4cnc(-c5cccnc5)cc4c3c2)CC1. The molecular weight excluding hydrogens is 324 g/mol. The Kier molecular flexibility index (Phi) is 3.57. The number of nitrogens with zero attached hydrogens (tertiary/aromatic N) is 5. The number of piperazine rings is 1. The first-order chi connectivity index (χ1) is 12.8. The van der Waals surface area contributed by atoms with Crippen molar-refractivity contribution in [3.05, 3.63) is 49.1 Å². The summed E-state index contributed by atoms with van der Waals surface area (Å²) in [7, 11) is 2.17. The Bertz CT molecular complexity index is 1060. The fourth-order valence-corrected chi connectivity index (χ4v) is 3.57. The Labute approximate surface area is 151 Å². The Hall–Kier alpha value is -2.99. The first-order valence-electron chi connectivity index (χ1n) is 8.89. The summed E-state index contributed by atoms with van der Waals surface area (Å²) in [6.07, 6.45) is 7.48. The quantitative estimate of drug-likeness (QED) is 0.606. The van der Waals surface area contributed by atoms with Crippen LogP contribution in [0.25, 0.3) is 33.2 Å². The van der Waals surface area contributed by atoms with Crippen LogP contribution in [0.3, 0.4) is 0 Å². The summed E-state index contributed by atoms with van der Waals surface area (Å²) >= 11 is 0. The third-order valence-corrected chi connectivity index (χ3v) is 5.15. The molecule has 0 atom stereocenters. The highest BCUT2D eigenvalue weighted by Gasteiger charge is 2.16. The molecular formula is C20H20N6. The van der Waals surface area contributed by atoms with E-state index in [0.29, 0.717) is 0 Å². The van der Waals surface area contributed by atoms with Crippen LogP contribution in [0.2, 0.25) is 0 Å². The van der Waals surface area contributed by atoms with Crippen molar-refractivity contribution in [1.29, 1.82) is 0 Å². The molecule has 1 aliphatic rings. The van der Waals surface area contributed by atoms with E-state index in [9.17, 15) is 0 Å². The van der Waals surface area contributed by atoms with E-state index in [4.69, 9.17) is 0 Å². The molecule has 1 saturated heterocycles. The number of anilines is 1. The summed E-state index contributed by atoms with van der Waals surface area (Å²) in [5.41, 5.74) is 5.05. The lowest BCUT2D eigenvalue weighted by Gasteiger charge is -2.33.